The van der Waals surface area contributed by atoms with E-state index in [0.717, 1.165) is 19.3 Å². The molecule has 0 aliphatic rings. The van der Waals surface area contributed by atoms with Gasteiger partial charge in [0, 0.05) is 0 Å². The molecule has 20 heavy (non-hydrogen) atoms. The summed E-state index contributed by atoms with van der Waals surface area (Å²) in [4.78, 5) is 25.2. The van der Waals surface area contributed by atoms with E-state index < -0.39 is 11.9 Å². The van der Waals surface area contributed by atoms with E-state index >= 15 is 0 Å². The van der Waals surface area contributed by atoms with Crippen LogP contribution in [-0.4, -0.2) is 48.1 Å². The molecule has 0 fully saturated rings. The molecule has 0 spiro atoms. The van der Waals surface area contributed by atoms with Crippen molar-refractivity contribution in [1.82, 2.24) is 0 Å². The molecule has 0 saturated carbocycles. The van der Waals surface area contributed by atoms with E-state index in [1.54, 1.807) is 0 Å². The number of ether oxygens (including phenoxy) is 1. The van der Waals surface area contributed by atoms with Gasteiger partial charge in [0.2, 0.25) is 0 Å². The minimum atomic E-state index is -1.15. The molecule has 114 valence electrons. The standard InChI is InChI=1S/C14H27NO4.Na.H/c1-2-3-4-5-6-7-8-9-10-11-12-18-13(16)14(17)19-15;;/h2-12,15H2,1H3;;. The first-order valence-corrected chi connectivity index (χ1v) is 7.30. The molecule has 0 saturated heterocycles. The quantitative estimate of drug-likeness (QED) is 0.208. The number of carbonyl (C=O) groups excluding carboxylic acids is 2. The van der Waals surface area contributed by atoms with Crippen LogP contribution in [-0.2, 0) is 19.2 Å². The first kappa shape index (κ1) is 22.2. The van der Waals surface area contributed by atoms with E-state index in [4.69, 9.17) is 0 Å². The molecule has 0 aliphatic carbocycles. The zero-order chi connectivity index (χ0) is 14.3. The van der Waals surface area contributed by atoms with E-state index in [1.165, 1.54) is 44.9 Å². The Bertz CT molecular complexity index is 249. The SMILES string of the molecule is CCCCCCCCCCCCOC(=O)C(=O)ON.[NaH]. The van der Waals surface area contributed by atoms with Gasteiger partial charge in [-0.3, -0.25) is 0 Å². The summed E-state index contributed by atoms with van der Waals surface area (Å²) >= 11 is 0. The zero-order valence-corrected chi connectivity index (χ0v) is 12.0. The van der Waals surface area contributed by atoms with Gasteiger partial charge >= 0.3 is 41.5 Å². The van der Waals surface area contributed by atoms with Crippen molar-refractivity contribution in [2.75, 3.05) is 6.61 Å². The van der Waals surface area contributed by atoms with Crippen LogP contribution >= 0.6 is 0 Å². The molecule has 0 aromatic rings. The molecule has 0 aromatic carbocycles. The average Bonchev–Trinajstić information content (AvgIpc) is 2.43. The van der Waals surface area contributed by atoms with Gasteiger partial charge in [-0.1, -0.05) is 64.7 Å². The van der Waals surface area contributed by atoms with E-state index in [0.29, 0.717) is 0 Å². The molecule has 0 amide bonds. The predicted molar refractivity (Wildman–Crippen MR) is 80.2 cm³/mol. The Labute approximate surface area is 144 Å². The van der Waals surface area contributed by atoms with E-state index in [1.807, 2.05) is 0 Å². The molecule has 0 radical (unpaired) electrons. The molecule has 0 bridgehead atoms. The fourth-order valence-electron chi connectivity index (χ4n) is 1.86. The van der Waals surface area contributed by atoms with Crippen molar-refractivity contribution in [2.24, 2.45) is 5.90 Å². The summed E-state index contributed by atoms with van der Waals surface area (Å²) in [5, 5.41) is 0. The van der Waals surface area contributed by atoms with Crippen molar-refractivity contribution in [3.8, 4) is 0 Å². The van der Waals surface area contributed by atoms with E-state index in [2.05, 4.69) is 22.4 Å². The Morgan fingerprint density at radius 1 is 0.800 bits per heavy atom. The molecule has 6 heteroatoms. The van der Waals surface area contributed by atoms with Crippen LogP contribution in [0.1, 0.15) is 71.1 Å². The monoisotopic (exact) mass is 297 g/mol. The summed E-state index contributed by atoms with van der Waals surface area (Å²) in [6.07, 6.45) is 12.1. The Balaban J connectivity index is 0. The van der Waals surface area contributed by atoms with Crippen LogP contribution in [0.2, 0.25) is 0 Å². The zero-order valence-electron chi connectivity index (χ0n) is 12.0. The van der Waals surface area contributed by atoms with Gasteiger partial charge in [0.15, 0.2) is 0 Å². The van der Waals surface area contributed by atoms with Gasteiger partial charge in [0.25, 0.3) is 0 Å². The van der Waals surface area contributed by atoms with Gasteiger partial charge in [0.05, 0.1) is 6.61 Å². The third kappa shape index (κ3) is 14.3. The molecule has 0 atom stereocenters. The molecule has 0 rings (SSSR count). The number of hydrogen-bond donors (Lipinski definition) is 1. The first-order chi connectivity index (χ1) is 9.22. The molecular weight excluding hydrogens is 269 g/mol. The average molecular weight is 297 g/mol. The van der Waals surface area contributed by atoms with Gasteiger partial charge in [-0.15, -0.1) is 0 Å². The van der Waals surface area contributed by atoms with Crippen molar-refractivity contribution < 1.29 is 19.2 Å². The number of carbonyl (C=O) groups is 2. The van der Waals surface area contributed by atoms with Crippen LogP contribution in [0.3, 0.4) is 0 Å². The van der Waals surface area contributed by atoms with Crippen LogP contribution in [0.25, 0.3) is 0 Å². The maximum atomic E-state index is 10.9. The summed E-state index contributed by atoms with van der Waals surface area (Å²) in [5.41, 5.74) is 0. The van der Waals surface area contributed by atoms with Crippen LogP contribution in [0, 0.1) is 0 Å². The fraction of sp³-hybridized carbons (Fsp3) is 0.857. The van der Waals surface area contributed by atoms with Crippen LogP contribution in [0.15, 0.2) is 0 Å². The van der Waals surface area contributed by atoms with Crippen LogP contribution in [0.4, 0.5) is 0 Å². The van der Waals surface area contributed by atoms with Crippen molar-refractivity contribution in [1.29, 1.82) is 0 Å². The molecule has 2 N–H and O–H groups in total. The molecule has 0 aromatic heterocycles. The Morgan fingerprint density at radius 2 is 1.25 bits per heavy atom. The van der Waals surface area contributed by atoms with E-state index in [-0.39, 0.29) is 36.2 Å². The second kappa shape index (κ2) is 17.0. The molecule has 5 nitrogen and oxygen atoms in total. The molecule has 0 unspecified atom stereocenters. The third-order valence-corrected chi connectivity index (χ3v) is 3.00. The van der Waals surface area contributed by atoms with E-state index in [9.17, 15) is 9.59 Å². The maximum absolute atomic E-state index is 10.9. The fourth-order valence-corrected chi connectivity index (χ4v) is 1.86. The van der Waals surface area contributed by atoms with Crippen molar-refractivity contribution in [2.45, 2.75) is 71.1 Å². The number of esters is 1. The van der Waals surface area contributed by atoms with Crippen LogP contribution in [0.5, 0.6) is 0 Å². The van der Waals surface area contributed by atoms with Crippen molar-refractivity contribution in [3.05, 3.63) is 0 Å². The van der Waals surface area contributed by atoms with Gasteiger partial charge in [-0.05, 0) is 6.42 Å². The van der Waals surface area contributed by atoms with Gasteiger partial charge in [0.1, 0.15) is 0 Å². The third-order valence-electron chi connectivity index (χ3n) is 3.00. The Morgan fingerprint density at radius 3 is 1.70 bits per heavy atom. The summed E-state index contributed by atoms with van der Waals surface area (Å²) in [6.45, 7) is 2.48. The number of nitrogens with two attached hydrogens (primary N) is 1. The number of hydrogen-bond acceptors (Lipinski definition) is 5. The summed E-state index contributed by atoms with van der Waals surface area (Å²) in [5.74, 6) is 2.39. The minimum absolute atomic E-state index is 0. The first-order valence-electron chi connectivity index (χ1n) is 7.30. The van der Waals surface area contributed by atoms with Crippen molar-refractivity contribution in [3.63, 3.8) is 0 Å². The Kier molecular flexibility index (Phi) is 18.8. The molecular formula is C14H28NNaO4. The topological polar surface area (TPSA) is 78.6 Å². The van der Waals surface area contributed by atoms with Crippen LogP contribution < -0.4 is 5.90 Å². The van der Waals surface area contributed by atoms with Gasteiger partial charge in [-0.2, -0.15) is 5.90 Å². The normalized spacial score (nSPS) is 9.70. The second-order valence-corrected chi connectivity index (χ2v) is 4.72. The number of unbranched alkanes of at least 4 members (excludes halogenated alkanes) is 9. The number of rotatable bonds is 11. The second-order valence-electron chi connectivity index (χ2n) is 4.72. The summed E-state index contributed by atoms with van der Waals surface area (Å²) in [7, 11) is 0. The summed E-state index contributed by atoms with van der Waals surface area (Å²) < 4.78 is 4.67. The van der Waals surface area contributed by atoms with Crippen molar-refractivity contribution >= 4 is 41.5 Å². The molecule has 0 aliphatic heterocycles. The summed E-state index contributed by atoms with van der Waals surface area (Å²) in [6, 6.07) is 0. The van der Waals surface area contributed by atoms with Gasteiger partial charge in [-0.25, -0.2) is 9.59 Å². The van der Waals surface area contributed by atoms with Gasteiger partial charge < -0.3 is 9.57 Å². The molecule has 0 heterocycles. The Hall–Kier alpha value is -0.100. The predicted octanol–water partition coefficient (Wildman–Crippen LogP) is 2.22.